The van der Waals surface area contributed by atoms with Crippen molar-refractivity contribution in [2.45, 2.75) is 38.5 Å². The number of hydrogen-bond acceptors (Lipinski definition) is 5. The summed E-state index contributed by atoms with van der Waals surface area (Å²) in [7, 11) is 3.24. The van der Waals surface area contributed by atoms with E-state index in [9.17, 15) is 0 Å². The maximum Gasteiger partial charge on any atom is 0.203 e. The Balaban J connectivity index is 2.20. The minimum atomic E-state index is -0.0734. The molecule has 3 atom stereocenters. The largest absolute Gasteiger partial charge is 0.493 e. The Kier molecular flexibility index (Phi) is 4.73. The predicted octanol–water partition coefficient (Wildman–Crippen LogP) is 1.90. The molecule has 0 aromatic heterocycles. The van der Waals surface area contributed by atoms with Gasteiger partial charge in [-0.05, 0) is 31.5 Å². The zero-order valence-corrected chi connectivity index (χ0v) is 12.5. The molecule has 1 saturated carbocycles. The van der Waals surface area contributed by atoms with E-state index in [0.717, 1.165) is 12.0 Å². The zero-order valence-electron chi connectivity index (χ0n) is 12.5. The molecule has 0 aliphatic heterocycles. The van der Waals surface area contributed by atoms with Crippen molar-refractivity contribution in [3.63, 3.8) is 0 Å². The van der Waals surface area contributed by atoms with Gasteiger partial charge in [-0.25, -0.2) is 0 Å². The van der Waals surface area contributed by atoms with E-state index in [1.807, 2.05) is 26.0 Å². The fourth-order valence-electron chi connectivity index (χ4n) is 2.43. The molecule has 20 heavy (non-hydrogen) atoms. The summed E-state index contributed by atoms with van der Waals surface area (Å²) in [6.07, 6.45) is 0.636. The second kappa shape index (κ2) is 6.33. The van der Waals surface area contributed by atoms with E-state index >= 15 is 0 Å². The lowest BCUT2D eigenvalue weighted by atomic mass is 9.86. The SMILES string of the molecule is CCOC1C(N)CC1Oc1c(OC)cc(C)cc1OC. The van der Waals surface area contributed by atoms with Gasteiger partial charge in [-0.2, -0.15) is 0 Å². The van der Waals surface area contributed by atoms with Crippen LogP contribution in [0.3, 0.4) is 0 Å². The Morgan fingerprint density at radius 3 is 2.25 bits per heavy atom. The van der Waals surface area contributed by atoms with Crippen molar-refractivity contribution >= 4 is 0 Å². The number of benzene rings is 1. The maximum absolute atomic E-state index is 6.03. The Labute approximate surface area is 120 Å². The molecule has 112 valence electrons. The van der Waals surface area contributed by atoms with Gasteiger partial charge in [0.15, 0.2) is 11.5 Å². The van der Waals surface area contributed by atoms with Gasteiger partial charge in [0, 0.05) is 19.1 Å². The third-order valence-corrected chi connectivity index (χ3v) is 3.53. The summed E-state index contributed by atoms with van der Waals surface area (Å²) in [6, 6.07) is 3.88. The molecule has 1 fully saturated rings. The van der Waals surface area contributed by atoms with Crippen LogP contribution in [0.4, 0.5) is 0 Å². The van der Waals surface area contributed by atoms with Gasteiger partial charge in [0.1, 0.15) is 12.2 Å². The summed E-state index contributed by atoms with van der Waals surface area (Å²) < 4.78 is 22.4. The molecule has 0 heterocycles. The van der Waals surface area contributed by atoms with Crippen molar-refractivity contribution in [1.82, 2.24) is 0 Å². The van der Waals surface area contributed by atoms with Crippen LogP contribution in [-0.2, 0) is 4.74 Å². The van der Waals surface area contributed by atoms with Gasteiger partial charge >= 0.3 is 0 Å². The van der Waals surface area contributed by atoms with Crippen molar-refractivity contribution in [3.05, 3.63) is 17.7 Å². The second-order valence-electron chi connectivity index (χ2n) is 4.97. The minimum absolute atomic E-state index is 0.0300. The topological polar surface area (TPSA) is 62.9 Å². The molecule has 1 aliphatic carbocycles. The molecule has 5 heteroatoms. The van der Waals surface area contributed by atoms with Gasteiger partial charge in [-0.3, -0.25) is 0 Å². The number of hydrogen-bond donors (Lipinski definition) is 1. The highest BCUT2D eigenvalue weighted by molar-refractivity contribution is 5.53. The highest BCUT2D eigenvalue weighted by Crippen LogP contribution is 2.41. The highest BCUT2D eigenvalue weighted by atomic mass is 16.6. The summed E-state index contributed by atoms with van der Waals surface area (Å²) in [6.45, 7) is 4.56. The van der Waals surface area contributed by atoms with Crippen LogP contribution >= 0.6 is 0 Å². The summed E-state index contributed by atoms with van der Waals surface area (Å²) in [4.78, 5) is 0. The number of rotatable bonds is 6. The Morgan fingerprint density at radius 1 is 1.20 bits per heavy atom. The standard InChI is InChI=1S/C15H23NO4/c1-5-19-14-10(16)8-13(14)20-15-11(17-3)6-9(2)7-12(15)18-4/h6-7,10,13-14H,5,8,16H2,1-4H3. The molecule has 3 unspecified atom stereocenters. The first-order chi connectivity index (χ1) is 9.60. The molecule has 0 bridgehead atoms. The van der Waals surface area contributed by atoms with E-state index in [0.29, 0.717) is 23.9 Å². The molecule has 2 N–H and O–H groups in total. The van der Waals surface area contributed by atoms with Gasteiger partial charge in [0.25, 0.3) is 0 Å². The van der Waals surface area contributed by atoms with Crippen LogP contribution in [0.15, 0.2) is 12.1 Å². The molecule has 0 spiro atoms. The van der Waals surface area contributed by atoms with Crippen LogP contribution in [0.1, 0.15) is 18.9 Å². The summed E-state index contributed by atoms with van der Waals surface area (Å²) in [5.74, 6) is 1.94. The van der Waals surface area contributed by atoms with Crippen LogP contribution in [0.2, 0.25) is 0 Å². The smallest absolute Gasteiger partial charge is 0.203 e. The molecular formula is C15H23NO4. The van der Waals surface area contributed by atoms with Crippen molar-refractivity contribution in [2.24, 2.45) is 5.73 Å². The van der Waals surface area contributed by atoms with Gasteiger partial charge < -0.3 is 24.7 Å². The zero-order chi connectivity index (χ0) is 14.7. The number of ether oxygens (including phenoxy) is 4. The number of aryl methyl sites for hydroxylation is 1. The van der Waals surface area contributed by atoms with E-state index in [4.69, 9.17) is 24.7 Å². The van der Waals surface area contributed by atoms with Crippen molar-refractivity contribution in [3.8, 4) is 17.2 Å². The van der Waals surface area contributed by atoms with Crippen LogP contribution in [0.25, 0.3) is 0 Å². The van der Waals surface area contributed by atoms with Gasteiger partial charge in [-0.1, -0.05) is 0 Å². The lowest BCUT2D eigenvalue weighted by Gasteiger charge is -2.41. The second-order valence-corrected chi connectivity index (χ2v) is 4.97. The summed E-state index contributed by atoms with van der Waals surface area (Å²) >= 11 is 0. The van der Waals surface area contributed by atoms with Crippen LogP contribution < -0.4 is 19.9 Å². The van der Waals surface area contributed by atoms with E-state index < -0.39 is 0 Å². The van der Waals surface area contributed by atoms with Gasteiger partial charge in [-0.15, -0.1) is 0 Å². The molecule has 1 aliphatic rings. The first kappa shape index (κ1) is 14.9. The minimum Gasteiger partial charge on any atom is -0.493 e. The molecule has 1 aromatic carbocycles. The lowest BCUT2D eigenvalue weighted by Crippen LogP contribution is -2.59. The average molecular weight is 281 g/mol. The third-order valence-electron chi connectivity index (χ3n) is 3.53. The fraction of sp³-hybridized carbons (Fsp3) is 0.600. The number of nitrogens with two attached hydrogens (primary N) is 1. The Morgan fingerprint density at radius 2 is 1.80 bits per heavy atom. The van der Waals surface area contributed by atoms with Crippen molar-refractivity contribution in [2.75, 3.05) is 20.8 Å². The van der Waals surface area contributed by atoms with Crippen molar-refractivity contribution in [1.29, 1.82) is 0 Å². The molecule has 1 aromatic rings. The van der Waals surface area contributed by atoms with E-state index in [1.54, 1.807) is 14.2 Å². The Bertz CT molecular complexity index is 438. The monoisotopic (exact) mass is 281 g/mol. The van der Waals surface area contributed by atoms with Gasteiger partial charge in [0.2, 0.25) is 5.75 Å². The third kappa shape index (κ3) is 2.83. The first-order valence-electron chi connectivity index (χ1n) is 6.87. The van der Waals surface area contributed by atoms with Crippen LogP contribution in [0.5, 0.6) is 17.2 Å². The molecule has 0 saturated heterocycles. The molecular weight excluding hydrogens is 258 g/mol. The quantitative estimate of drug-likeness (QED) is 0.862. The van der Waals surface area contributed by atoms with E-state index in [-0.39, 0.29) is 18.2 Å². The molecule has 2 rings (SSSR count). The lowest BCUT2D eigenvalue weighted by molar-refractivity contribution is -0.0955. The summed E-state index contributed by atoms with van der Waals surface area (Å²) in [5.41, 5.74) is 7.00. The van der Waals surface area contributed by atoms with Gasteiger partial charge in [0.05, 0.1) is 14.2 Å². The first-order valence-corrected chi connectivity index (χ1v) is 6.87. The molecule has 0 radical (unpaired) electrons. The highest BCUT2D eigenvalue weighted by Gasteiger charge is 2.42. The van der Waals surface area contributed by atoms with Crippen molar-refractivity contribution < 1.29 is 18.9 Å². The van der Waals surface area contributed by atoms with Crippen LogP contribution in [0, 0.1) is 6.92 Å². The summed E-state index contributed by atoms with van der Waals surface area (Å²) in [5, 5.41) is 0. The average Bonchev–Trinajstić information content (AvgIpc) is 2.45. The molecule has 5 nitrogen and oxygen atoms in total. The fourth-order valence-corrected chi connectivity index (χ4v) is 2.43. The normalized spacial score (nSPS) is 24.9. The maximum atomic E-state index is 6.03. The number of methoxy groups -OCH3 is 2. The predicted molar refractivity (Wildman–Crippen MR) is 76.7 cm³/mol. The van der Waals surface area contributed by atoms with E-state index in [1.165, 1.54) is 0 Å². The van der Waals surface area contributed by atoms with Crippen LogP contribution in [-0.4, -0.2) is 39.1 Å². The molecule has 0 amide bonds. The van der Waals surface area contributed by atoms with E-state index in [2.05, 4.69) is 0 Å². The Hall–Kier alpha value is -1.46.